The van der Waals surface area contributed by atoms with Gasteiger partial charge >= 0.3 is 0 Å². The van der Waals surface area contributed by atoms with Crippen LogP contribution in [0, 0.1) is 0 Å². The number of nitrogens with two attached hydrogens (primary N) is 1. The summed E-state index contributed by atoms with van der Waals surface area (Å²) in [6.45, 7) is 2.09. The lowest BCUT2D eigenvalue weighted by atomic mass is 10.1. The molecule has 0 aliphatic carbocycles. The SMILES string of the molecule is CCC(N)C(Sc1ncc[nH]1)c1cnn(C)c1. The molecular formula is C11H17N5S. The lowest BCUT2D eigenvalue weighted by Gasteiger charge is -2.19. The second kappa shape index (κ2) is 5.37. The van der Waals surface area contributed by atoms with E-state index < -0.39 is 0 Å². The van der Waals surface area contributed by atoms with E-state index in [1.54, 1.807) is 22.6 Å². The smallest absolute Gasteiger partial charge is 0.165 e. The predicted molar refractivity (Wildman–Crippen MR) is 68.7 cm³/mol. The Kier molecular flexibility index (Phi) is 3.86. The summed E-state index contributed by atoms with van der Waals surface area (Å²) in [6, 6.07) is 0.0919. The van der Waals surface area contributed by atoms with E-state index in [0.29, 0.717) is 0 Å². The predicted octanol–water partition coefficient (Wildman–Crippen LogP) is 1.71. The highest BCUT2D eigenvalue weighted by atomic mass is 32.2. The number of nitrogens with one attached hydrogen (secondary N) is 1. The lowest BCUT2D eigenvalue weighted by Crippen LogP contribution is -2.25. The van der Waals surface area contributed by atoms with Crippen molar-refractivity contribution >= 4 is 11.8 Å². The molecule has 0 aliphatic heterocycles. The highest BCUT2D eigenvalue weighted by Crippen LogP contribution is 2.35. The summed E-state index contributed by atoms with van der Waals surface area (Å²) in [7, 11) is 1.91. The van der Waals surface area contributed by atoms with Gasteiger partial charge < -0.3 is 10.7 Å². The van der Waals surface area contributed by atoms with E-state index in [0.717, 1.165) is 17.1 Å². The molecule has 5 nitrogen and oxygen atoms in total. The average Bonchev–Trinajstić information content (AvgIpc) is 2.96. The molecule has 0 fully saturated rings. The molecule has 17 heavy (non-hydrogen) atoms. The molecule has 92 valence electrons. The molecule has 0 saturated heterocycles. The molecular weight excluding hydrogens is 234 g/mol. The third kappa shape index (κ3) is 2.89. The molecule has 2 atom stereocenters. The van der Waals surface area contributed by atoms with Crippen molar-refractivity contribution in [3.63, 3.8) is 0 Å². The lowest BCUT2D eigenvalue weighted by molar-refractivity contribution is 0.632. The fraction of sp³-hybridized carbons (Fsp3) is 0.455. The summed E-state index contributed by atoms with van der Waals surface area (Å²) in [4.78, 5) is 7.32. The van der Waals surface area contributed by atoms with E-state index in [9.17, 15) is 0 Å². The first-order chi connectivity index (χ1) is 8.20. The maximum Gasteiger partial charge on any atom is 0.165 e. The molecule has 3 N–H and O–H groups in total. The zero-order chi connectivity index (χ0) is 12.3. The van der Waals surface area contributed by atoms with Gasteiger partial charge in [0.25, 0.3) is 0 Å². The molecule has 6 heteroatoms. The van der Waals surface area contributed by atoms with Crippen LogP contribution in [0.25, 0.3) is 0 Å². The van der Waals surface area contributed by atoms with Crippen molar-refractivity contribution < 1.29 is 0 Å². The van der Waals surface area contributed by atoms with Gasteiger partial charge in [0, 0.05) is 37.2 Å². The van der Waals surface area contributed by atoms with Gasteiger partial charge in [0.2, 0.25) is 0 Å². The summed E-state index contributed by atoms with van der Waals surface area (Å²) >= 11 is 1.65. The van der Waals surface area contributed by atoms with E-state index in [1.165, 1.54) is 0 Å². The minimum atomic E-state index is 0.0919. The van der Waals surface area contributed by atoms with Crippen LogP contribution >= 0.6 is 11.8 Å². The largest absolute Gasteiger partial charge is 0.340 e. The minimum absolute atomic E-state index is 0.0919. The van der Waals surface area contributed by atoms with Crippen LogP contribution in [0.5, 0.6) is 0 Å². The number of nitrogens with zero attached hydrogens (tertiary/aromatic N) is 3. The third-order valence-electron chi connectivity index (χ3n) is 2.63. The fourth-order valence-corrected chi connectivity index (χ4v) is 2.76. The molecule has 0 spiro atoms. The Hall–Kier alpha value is -1.27. The molecule has 2 unspecified atom stereocenters. The fourth-order valence-electron chi connectivity index (χ4n) is 1.64. The van der Waals surface area contributed by atoms with E-state index in [-0.39, 0.29) is 11.3 Å². The second-order valence-electron chi connectivity index (χ2n) is 3.95. The first-order valence-corrected chi connectivity index (χ1v) is 6.48. The van der Waals surface area contributed by atoms with Crippen molar-refractivity contribution in [2.75, 3.05) is 0 Å². The summed E-state index contributed by atoms with van der Waals surface area (Å²) in [5, 5.41) is 5.27. The first kappa shape index (κ1) is 12.2. The van der Waals surface area contributed by atoms with Crippen LogP contribution in [0.4, 0.5) is 0 Å². The van der Waals surface area contributed by atoms with Crippen LogP contribution in [0.2, 0.25) is 0 Å². The van der Waals surface area contributed by atoms with Crippen molar-refractivity contribution in [2.24, 2.45) is 12.8 Å². The number of aromatic amines is 1. The molecule has 0 aliphatic rings. The Bertz CT molecular complexity index is 450. The normalized spacial score (nSPS) is 14.8. The summed E-state index contributed by atoms with van der Waals surface area (Å²) in [6.07, 6.45) is 8.37. The monoisotopic (exact) mass is 251 g/mol. The number of rotatable bonds is 5. The standard InChI is InChI=1S/C11H17N5S/c1-3-9(12)10(8-6-15-16(2)7-8)17-11-13-4-5-14-11/h4-7,9-10H,3,12H2,1-2H3,(H,13,14). The number of imidazole rings is 1. The third-order valence-corrected chi connectivity index (χ3v) is 3.95. The molecule has 2 aromatic heterocycles. The van der Waals surface area contributed by atoms with Crippen LogP contribution in [0.3, 0.4) is 0 Å². The molecule has 0 amide bonds. The van der Waals surface area contributed by atoms with Crippen LogP contribution in [0.15, 0.2) is 29.9 Å². The van der Waals surface area contributed by atoms with Crippen molar-refractivity contribution in [1.29, 1.82) is 0 Å². The molecule has 2 heterocycles. The van der Waals surface area contributed by atoms with E-state index >= 15 is 0 Å². The van der Waals surface area contributed by atoms with Gasteiger partial charge in [-0.05, 0) is 6.42 Å². The number of hydrogen-bond acceptors (Lipinski definition) is 4. The maximum absolute atomic E-state index is 6.18. The summed E-state index contributed by atoms with van der Waals surface area (Å²) in [5.41, 5.74) is 7.32. The molecule has 0 aromatic carbocycles. The van der Waals surface area contributed by atoms with Crippen molar-refractivity contribution in [3.05, 3.63) is 30.4 Å². The maximum atomic E-state index is 6.18. The highest BCUT2D eigenvalue weighted by Gasteiger charge is 2.22. The second-order valence-corrected chi connectivity index (χ2v) is 5.08. The van der Waals surface area contributed by atoms with Crippen LogP contribution in [-0.2, 0) is 7.05 Å². The Morgan fingerprint density at radius 1 is 1.59 bits per heavy atom. The number of hydrogen-bond donors (Lipinski definition) is 2. The van der Waals surface area contributed by atoms with E-state index in [4.69, 9.17) is 5.73 Å². The Balaban J connectivity index is 2.19. The van der Waals surface area contributed by atoms with Crippen LogP contribution < -0.4 is 5.73 Å². The van der Waals surface area contributed by atoms with Gasteiger partial charge in [0.15, 0.2) is 5.16 Å². The van der Waals surface area contributed by atoms with E-state index in [2.05, 4.69) is 22.0 Å². The van der Waals surface area contributed by atoms with E-state index in [1.807, 2.05) is 25.6 Å². The Labute approximate surface area is 105 Å². The topological polar surface area (TPSA) is 72.5 Å². The van der Waals surface area contributed by atoms with Gasteiger partial charge in [-0.25, -0.2) is 4.98 Å². The van der Waals surface area contributed by atoms with Crippen molar-refractivity contribution in [1.82, 2.24) is 19.7 Å². The number of H-pyrrole nitrogens is 1. The number of thioether (sulfide) groups is 1. The van der Waals surface area contributed by atoms with Crippen LogP contribution in [0.1, 0.15) is 24.2 Å². The molecule has 2 rings (SSSR count). The van der Waals surface area contributed by atoms with Gasteiger partial charge in [0.1, 0.15) is 0 Å². The molecule has 2 aromatic rings. The molecule has 0 radical (unpaired) electrons. The van der Waals surface area contributed by atoms with Gasteiger partial charge in [0.05, 0.1) is 11.4 Å². The summed E-state index contributed by atoms with van der Waals surface area (Å²) < 4.78 is 1.80. The Morgan fingerprint density at radius 3 is 2.94 bits per heavy atom. The zero-order valence-corrected chi connectivity index (χ0v) is 10.8. The zero-order valence-electron chi connectivity index (χ0n) is 10.00. The number of aromatic nitrogens is 4. The summed E-state index contributed by atoms with van der Waals surface area (Å²) in [5.74, 6) is 0. The van der Waals surface area contributed by atoms with Gasteiger partial charge in [-0.3, -0.25) is 4.68 Å². The quantitative estimate of drug-likeness (QED) is 0.794. The van der Waals surface area contributed by atoms with Gasteiger partial charge in [-0.15, -0.1) is 0 Å². The molecule has 0 saturated carbocycles. The number of aryl methyl sites for hydroxylation is 1. The Morgan fingerprint density at radius 2 is 2.41 bits per heavy atom. The van der Waals surface area contributed by atoms with Crippen LogP contribution in [-0.4, -0.2) is 25.8 Å². The van der Waals surface area contributed by atoms with Crippen molar-refractivity contribution in [3.8, 4) is 0 Å². The molecule has 0 bridgehead atoms. The van der Waals surface area contributed by atoms with Gasteiger partial charge in [-0.2, -0.15) is 5.10 Å². The highest BCUT2D eigenvalue weighted by molar-refractivity contribution is 7.99. The minimum Gasteiger partial charge on any atom is -0.340 e. The average molecular weight is 251 g/mol. The van der Waals surface area contributed by atoms with Crippen molar-refractivity contribution in [2.45, 2.75) is 29.8 Å². The first-order valence-electron chi connectivity index (χ1n) is 5.61. The van der Waals surface area contributed by atoms with Gasteiger partial charge in [-0.1, -0.05) is 18.7 Å².